The minimum atomic E-state index is -0.960. The van der Waals surface area contributed by atoms with Gasteiger partial charge in [-0.2, -0.15) is 0 Å². The molecule has 52 heavy (non-hydrogen) atoms. The average molecular weight is 701 g/mol. The van der Waals surface area contributed by atoms with Crippen molar-refractivity contribution in [3.05, 3.63) is 132 Å². The molecule has 0 radical (unpaired) electrons. The summed E-state index contributed by atoms with van der Waals surface area (Å²) in [7, 11) is 2.47. The van der Waals surface area contributed by atoms with Crippen molar-refractivity contribution < 1.29 is 28.7 Å². The first-order chi connectivity index (χ1) is 25.1. The molecule has 266 valence electrons. The number of methoxy groups -OCH3 is 2. The maximum atomic E-state index is 13.8. The smallest absolute Gasteiger partial charge is 0.328 e. The Balaban J connectivity index is 1.51. The van der Waals surface area contributed by atoms with Crippen LogP contribution in [-0.4, -0.2) is 50.1 Å². The van der Waals surface area contributed by atoms with Crippen LogP contribution in [0.15, 0.2) is 121 Å². The van der Waals surface area contributed by atoms with Gasteiger partial charge in [-0.1, -0.05) is 36.4 Å². The first kappa shape index (κ1) is 36.5. The van der Waals surface area contributed by atoms with Crippen molar-refractivity contribution >= 4 is 69.3 Å². The Morgan fingerprint density at radius 1 is 0.442 bits per heavy atom. The third-order valence-corrected chi connectivity index (χ3v) is 7.90. The van der Waals surface area contributed by atoms with Crippen molar-refractivity contribution in [1.29, 1.82) is 0 Å². The first-order valence-electron chi connectivity index (χ1n) is 16.5. The highest BCUT2D eigenvalue weighted by Gasteiger charge is 2.25. The summed E-state index contributed by atoms with van der Waals surface area (Å²) in [5.74, 6) is -2.44. The fourth-order valence-electron chi connectivity index (χ4n) is 5.16. The third-order valence-electron chi connectivity index (χ3n) is 7.90. The van der Waals surface area contributed by atoms with E-state index < -0.39 is 35.8 Å². The number of amides is 2. The minimum absolute atomic E-state index is 0.129. The van der Waals surface area contributed by atoms with Crippen LogP contribution in [-0.2, 0) is 19.1 Å². The number of nitrogens with one attached hydrogen (secondary N) is 6. The predicted molar refractivity (Wildman–Crippen MR) is 203 cm³/mol. The molecule has 2 amide bonds. The van der Waals surface area contributed by atoms with Crippen molar-refractivity contribution in [3.63, 3.8) is 0 Å². The van der Waals surface area contributed by atoms with Crippen molar-refractivity contribution in [3.8, 4) is 0 Å². The summed E-state index contributed by atoms with van der Waals surface area (Å²) >= 11 is 0. The normalized spacial score (nSPS) is 11.6. The van der Waals surface area contributed by atoms with E-state index in [0.29, 0.717) is 11.4 Å². The van der Waals surface area contributed by atoms with E-state index in [-0.39, 0.29) is 22.5 Å². The topological polar surface area (TPSA) is 159 Å². The van der Waals surface area contributed by atoms with Crippen molar-refractivity contribution in [2.24, 2.45) is 0 Å². The highest BCUT2D eigenvalue weighted by molar-refractivity contribution is 6.08. The Kier molecular flexibility index (Phi) is 12.1. The summed E-state index contributed by atoms with van der Waals surface area (Å²) in [6.07, 6.45) is 0. The maximum Gasteiger partial charge on any atom is 0.328 e. The molecule has 5 aromatic rings. The molecule has 12 nitrogen and oxygen atoms in total. The molecule has 0 unspecified atom stereocenters. The Hall–Kier alpha value is -6.82. The zero-order valence-corrected chi connectivity index (χ0v) is 29.2. The molecule has 0 fully saturated rings. The van der Waals surface area contributed by atoms with Crippen LogP contribution in [0.5, 0.6) is 0 Å². The lowest BCUT2D eigenvalue weighted by molar-refractivity contribution is -0.143. The second kappa shape index (κ2) is 17.2. The molecule has 0 aromatic heterocycles. The molecule has 0 saturated heterocycles. The number of esters is 2. The van der Waals surface area contributed by atoms with Crippen LogP contribution in [0.1, 0.15) is 34.6 Å². The van der Waals surface area contributed by atoms with E-state index in [4.69, 9.17) is 9.47 Å². The Labute approximate surface area is 301 Å². The number of benzene rings is 5. The number of para-hydroxylation sites is 2. The molecule has 0 spiro atoms. The molecule has 5 aromatic carbocycles. The Morgan fingerprint density at radius 2 is 0.731 bits per heavy atom. The van der Waals surface area contributed by atoms with E-state index in [1.807, 2.05) is 109 Å². The fourth-order valence-corrected chi connectivity index (χ4v) is 5.16. The summed E-state index contributed by atoms with van der Waals surface area (Å²) in [4.78, 5) is 52.0. The second-order valence-electron chi connectivity index (χ2n) is 11.8. The van der Waals surface area contributed by atoms with Gasteiger partial charge in [0.2, 0.25) is 0 Å². The summed E-state index contributed by atoms with van der Waals surface area (Å²) < 4.78 is 9.62. The van der Waals surface area contributed by atoms with Gasteiger partial charge < -0.3 is 41.4 Å². The third kappa shape index (κ3) is 9.66. The van der Waals surface area contributed by atoms with Crippen LogP contribution in [0.25, 0.3) is 0 Å². The Morgan fingerprint density at radius 3 is 1.04 bits per heavy atom. The molecule has 0 aliphatic rings. The average Bonchev–Trinajstić information content (AvgIpc) is 3.16. The molecule has 6 N–H and O–H groups in total. The van der Waals surface area contributed by atoms with Gasteiger partial charge in [0.05, 0.1) is 36.7 Å². The molecule has 0 aliphatic heterocycles. The largest absolute Gasteiger partial charge is 0.467 e. The standard InChI is InChI=1S/C40H40N6O6/c1-25(39(49)51-3)41-37(47)33-23-36(46-32-21-17-30(18-22-32)44-28-13-9-6-10-14-28)34(38(48)42-26(2)40(50)52-4)24-35(33)45-31-19-15-29(16-20-31)43-27-11-7-5-8-12-27/h5-26,43-46H,1-4H3,(H,41,47)(H,42,48)/t25-,26-/m0/s1. The number of anilines is 8. The number of hydrogen-bond acceptors (Lipinski definition) is 10. The van der Waals surface area contributed by atoms with E-state index in [9.17, 15) is 19.2 Å². The number of rotatable bonds is 14. The zero-order valence-electron chi connectivity index (χ0n) is 29.2. The molecular formula is C40H40N6O6. The first-order valence-corrected chi connectivity index (χ1v) is 16.5. The van der Waals surface area contributed by atoms with Crippen LogP contribution in [0.2, 0.25) is 0 Å². The van der Waals surface area contributed by atoms with Crippen LogP contribution < -0.4 is 31.9 Å². The maximum absolute atomic E-state index is 13.8. The van der Waals surface area contributed by atoms with Gasteiger partial charge in [0, 0.05) is 34.1 Å². The van der Waals surface area contributed by atoms with Gasteiger partial charge in [0.1, 0.15) is 12.1 Å². The molecule has 0 saturated carbocycles. The van der Waals surface area contributed by atoms with E-state index in [1.54, 1.807) is 0 Å². The molecule has 0 aliphatic carbocycles. The monoisotopic (exact) mass is 700 g/mol. The summed E-state index contributed by atoms with van der Waals surface area (Å²) in [6.45, 7) is 3.02. The minimum Gasteiger partial charge on any atom is -0.467 e. The molecule has 12 heteroatoms. The number of ether oxygens (including phenoxy) is 2. The highest BCUT2D eigenvalue weighted by Crippen LogP contribution is 2.32. The quantitative estimate of drug-likeness (QED) is 0.0652. The van der Waals surface area contributed by atoms with Gasteiger partial charge >= 0.3 is 11.9 Å². The predicted octanol–water partition coefficient (Wildman–Crippen LogP) is 7.24. The van der Waals surface area contributed by atoms with E-state index in [0.717, 1.165) is 22.7 Å². The highest BCUT2D eigenvalue weighted by atomic mass is 16.5. The Bertz CT molecular complexity index is 1860. The van der Waals surface area contributed by atoms with Crippen molar-refractivity contribution in [2.45, 2.75) is 25.9 Å². The molecular weight excluding hydrogens is 660 g/mol. The fraction of sp³-hybridized carbons (Fsp3) is 0.150. The zero-order chi connectivity index (χ0) is 37.0. The van der Waals surface area contributed by atoms with E-state index in [1.165, 1.54) is 40.2 Å². The number of carbonyl (C=O) groups is 4. The SMILES string of the molecule is COC(=O)[C@H](C)NC(=O)c1cc(Nc2ccc(Nc3ccccc3)cc2)c(C(=O)N[C@@H](C)C(=O)OC)cc1Nc1ccc(Nc2ccccc2)cc1. The van der Waals surface area contributed by atoms with Crippen molar-refractivity contribution in [1.82, 2.24) is 10.6 Å². The molecule has 0 bridgehead atoms. The van der Waals surface area contributed by atoms with Gasteiger partial charge in [-0.3, -0.25) is 9.59 Å². The molecule has 2 atom stereocenters. The van der Waals surface area contributed by atoms with Gasteiger partial charge in [-0.05, 0) is 98.8 Å². The molecule has 0 heterocycles. The summed E-state index contributed by atoms with van der Waals surface area (Å²) in [6, 6.07) is 35.3. The van der Waals surface area contributed by atoms with Crippen LogP contribution in [0.4, 0.5) is 45.5 Å². The van der Waals surface area contributed by atoms with Gasteiger partial charge in [-0.15, -0.1) is 0 Å². The van der Waals surface area contributed by atoms with Crippen molar-refractivity contribution in [2.75, 3.05) is 35.5 Å². The van der Waals surface area contributed by atoms with E-state index >= 15 is 0 Å². The van der Waals surface area contributed by atoms with Gasteiger partial charge in [0.15, 0.2) is 0 Å². The summed E-state index contributed by atoms with van der Waals surface area (Å²) in [5, 5.41) is 18.5. The lowest BCUT2D eigenvalue weighted by Crippen LogP contribution is -2.40. The van der Waals surface area contributed by atoms with Gasteiger partial charge in [0.25, 0.3) is 11.8 Å². The number of hydrogen-bond donors (Lipinski definition) is 6. The van der Waals surface area contributed by atoms with E-state index in [2.05, 4.69) is 31.9 Å². The van der Waals surface area contributed by atoms with Crippen LogP contribution >= 0.6 is 0 Å². The second-order valence-corrected chi connectivity index (χ2v) is 11.8. The number of carbonyl (C=O) groups excluding carboxylic acids is 4. The van der Waals surface area contributed by atoms with Gasteiger partial charge in [-0.25, -0.2) is 9.59 Å². The van der Waals surface area contributed by atoms with Crippen LogP contribution in [0, 0.1) is 0 Å². The molecule has 5 rings (SSSR count). The summed E-state index contributed by atoms with van der Waals surface area (Å²) in [5.41, 5.74) is 5.54. The van der Waals surface area contributed by atoms with Crippen LogP contribution in [0.3, 0.4) is 0 Å². The lowest BCUT2D eigenvalue weighted by Gasteiger charge is -2.21. The lowest BCUT2D eigenvalue weighted by atomic mass is 10.0.